The van der Waals surface area contributed by atoms with E-state index in [0.717, 1.165) is 5.70 Å². The van der Waals surface area contributed by atoms with Crippen LogP contribution in [0.2, 0.25) is 0 Å². The first-order valence-corrected chi connectivity index (χ1v) is 25.8. The summed E-state index contributed by atoms with van der Waals surface area (Å²) < 4.78 is 0. The molecule has 1 radical (unpaired) electrons. The maximum atomic E-state index is 5.50. The number of rotatable bonds is 11. The van der Waals surface area contributed by atoms with Gasteiger partial charge in [-0.25, -0.2) is 0 Å². The number of hydrogen-bond donors (Lipinski definition) is 1. The Morgan fingerprint density at radius 2 is 1.16 bits per heavy atom. The van der Waals surface area contributed by atoms with Gasteiger partial charge in [-0.1, -0.05) is 153 Å². The van der Waals surface area contributed by atoms with Gasteiger partial charge in [-0.15, -0.1) is 5.70 Å². The molecule has 0 spiro atoms. The zero-order valence-corrected chi connectivity index (χ0v) is 43.5. The molecule has 4 aliphatic rings. The zero-order valence-electron chi connectivity index (χ0n) is 39.9. The van der Waals surface area contributed by atoms with E-state index in [1.165, 1.54) is 81.6 Å². The molecule has 2 aliphatic carbocycles. The second-order valence-corrected chi connectivity index (χ2v) is 24.6. The molecule has 2 aliphatic heterocycles. The van der Waals surface area contributed by atoms with Crippen molar-refractivity contribution >= 4 is 32.5 Å². The SMILES string of the molecule is CCC1(CC)CC(CC)(CC)c2c1cc1c(c2/[PH+]=C/C2=CC=C/C(=C/[PH+]3CC(C)(C)c4cc(C(C)(C)C)cc(C(C)(C)C)c43)[N-]2)C(CC)(CC)CC1(CC)CC.N.[Rh+2]. The summed E-state index contributed by atoms with van der Waals surface area (Å²) in [6.45, 7) is 39.2. The van der Waals surface area contributed by atoms with E-state index in [1.54, 1.807) is 44.0 Å². The van der Waals surface area contributed by atoms with E-state index in [-0.39, 0.29) is 63.5 Å². The summed E-state index contributed by atoms with van der Waals surface area (Å²) in [7, 11) is -0.354. The molecular formula is C53H83N2P2Rh+3. The van der Waals surface area contributed by atoms with E-state index in [9.17, 15) is 0 Å². The molecule has 2 nitrogen and oxygen atoms in total. The third-order valence-electron chi connectivity index (χ3n) is 16.3. The second-order valence-electron chi connectivity index (χ2n) is 21.4. The second kappa shape index (κ2) is 17.4. The van der Waals surface area contributed by atoms with Gasteiger partial charge in [-0.2, -0.15) is 0 Å². The van der Waals surface area contributed by atoms with Gasteiger partial charge in [0, 0.05) is 44.3 Å². The summed E-state index contributed by atoms with van der Waals surface area (Å²) in [4.78, 5) is 0. The van der Waals surface area contributed by atoms with Gasteiger partial charge >= 0.3 is 19.5 Å². The Morgan fingerprint density at radius 1 is 0.672 bits per heavy atom. The third-order valence-corrected chi connectivity index (χ3v) is 20.6. The van der Waals surface area contributed by atoms with Crippen molar-refractivity contribution in [2.75, 3.05) is 6.16 Å². The molecule has 2 unspecified atom stereocenters. The topological polar surface area (TPSA) is 49.1 Å². The van der Waals surface area contributed by atoms with Crippen LogP contribution in [0.25, 0.3) is 5.32 Å². The van der Waals surface area contributed by atoms with Crippen LogP contribution in [-0.4, -0.2) is 12.0 Å². The molecule has 0 aromatic heterocycles. The normalized spacial score (nSPS) is 22.5. The molecule has 5 heteroatoms. The molecule has 0 fully saturated rings. The molecule has 3 N–H and O–H groups in total. The Kier molecular flexibility index (Phi) is 14.8. The van der Waals surface area contributed by atoms with Crippen LogP contribution >= 0.6 is 16.1 Å². The van der Waals surface area contributed by atoms with Crippen LogP contribution in [0, 0.1) is 0 Å². The van der Waals surface area contributed by atoms with Crippen LogP contribution in [0.5, 0.6) is 0 Å². The molecule has 2 aromatic rings. The van der Waals surface area contributed by atoms with Crippen LogP contribution in [-0.2, 0) is 57.4 Å². The van der Waals surface area contributed by atoms with Crippen LogP contribution in [0.4, 0.5) is 0 Å². The first-order valence-electron chi connectivity index (χ1n) is 22.9. The fourth-order valence-electron chi connectivity index (χ4n) is 12.2. The van der Waals surface area contributed by atoms with Crippen molar-refractivity contribution in [3.05, 3.63) is 97.9 Å². The Morgan fingerprint density at radius 3 is 1.59 bits per heavy atom. The van der Waals surface area contributed by atoms with Crippen LogP contribution in [0.1, 0.15) is 214 Å². The van der Waals surface area contributed by atoms with Crippen LogP contribution < -0.4 is 16.8 Å². The van der Waals surface area contributed by atoms with Crippen molar-refractivity contribution in [2.24, 2.45) is 0 Å². The standard InChI is InChI=1S/C53H78NP2.H3N.Rh/c1-17-50(18-2)33-52(21-5,22-6)43-39(50)30-40-44(53(23-7,24-8)34-51(40,19-3)20-4)45(43)55-31-37-26-25-27-38(54-37)32-56-35-49(15,16)42-29-36(47(9,10)11)28-41(46(42)56)48(12,13)14;;/h25-32H,17-24,33-35H2,1-16H3;1H3;/q-1;;+2/p+2/b38-32-;;. The molecule has 2 atom stereocenters. The van der Waals surface area contributed by atoms with Crippen molar-refractivity contribution < 1.29 is 19.5 Å². The summed E-state index contributed by atoms with van der Waals surface area (Å²) in [5.41, 5.74) is 15.4. The quantitative estimate of drug-likeness (QED) is 0.177. The van der Waals surface area contributed by atoms with Gasteiger partial charge in [0.2, 0.25) is 0 Å². The predicted octanol–water partition coefficient (Wildman–Crippen LogP) is 15.1. The number of hydrogen-bond acceptors (Lipinski definition) is 1. The molecular weight excluding hydrogens is 829 g/mol. The molecule has 0 saturated heterocycles. The van der Waals surface area contributed by atoms with E-state index in [4.69, 9.17) is 5.32 Å². The Labute approximate surface area is 373 Å². The Hall–Kier alpha value is -1.36. The fraction of sp³-hybridized carbons (Fsp3) is 0.642. The summed E-state index contributed by atoms with van der Waals surface area (Å²) in [5.74, 6) is 5.18. The first kappa shape index (κ1) is 49.3. The number of nitrogens with zero attached hydrogens (tertiary/aromatic N) is 1. The molecule has 0 amide bonds. The smallest absolute Gasteiger partial charge is 0.652 e. The van der Waals surface area contributed by atoms with E-state index in [0.29, 0.717) is 8.20 Å². The zero-order chi connectivity index (χ0) is 41.3. The van der Waals surface area contributed by atoms with Gasteiger partial charge < -0.3 is 11.5 Å². The van der Waals surface area contributed by atoms with Crippen molar-refractivity contribution in [1.29, 1.82) is 0 Å². The number of fused-ring (bicyclic) bond motifs is 3. The largest absolute Gasteiger partial charge is 2.00 e. The number of allylic oxidation sites excluding steroid dienone is 4. The monoisotopic (exact) mass is 913 g/mol. The molecule has 2 aromatic carbocycles. The molecule has 321 valence electrons. The summed E-state index contributed by atoms with van der Waals surface area (Å²) in [6, 6.07) is 7.97. The summed E-state index contributed by atoms with van der Waals surface area (Å²) in [6.07, 6.45) is 20.6. The van der Waals surface area contributed by atoms with E-state index >= 15 is 0 Å². The fourth-order valence-corrected chi connectivity index (χ4v) is 17.4. The average molecular weight is 913 g/mol. The van der Waals surface area contributed by atoms with E-state index < -0.39 is 7.92 Å². The number of benzene rings is 2. The molecule has 58 heavy (non-hydrogen) atoms. The minimum absolute atomic E-state index is 0. The van der Waals surface area contributed by atoms with Gasteiger partial charge in [0.1, 0.15) is 13.5 Å². The molecule has 0 saturated carbocycles. The van der Waals surface area contributed by atoms with Gasteiger partial charge in [0.15, 0.2) is 5.30 Å². The van der Waals surface area contributed by atoms with Gasteiger partial charge in [-0.3, -0.25) is 0 Å². The van der Waals surface area contributed by atoms with Crippen molar-refractivity contribution in [1.82, 2.24) is 6.15 Å². The maximum absolute atomic E-state index is 5.50. The van der Waals surface area contributed by atoms with E-state index in [2.05, 4.69) is 159 Å². The van der Waals surface area contributed by atoms with Crippen LogP contribution in [0.15, 0.2) is 53.6 Å². The molecule has 0 bridgehead atoms. The maximum Gasteiger partial charge on any atom is 2.00 e. The third kappa shape index (κ3) is 7.95. The summed E-state index contributed by atoms with van der Waals surface area (Å²) in [5, 5.41) is 8.90. The van der Waals surface area contributed by atoms with E-state index in [1.807, 2.05) is 0 Å². The van der Waals surface area contributed by atoms with Gasteiger partial charge in [0.05, 0.1) is 19.9 Å². The Bertz CT molecular complexity index is 1890. The van der Waals surface area contributed by atoms with Crippen LogP contribution in [0.3, 0.4) is 0 Å². The van der Waals surface area contributed by atoms with Crippen molar-refractivity contribution in [3.63, 3.8) is 0 Å². The van der Waals surface area contributed by atoms with Gasteiger partial charge in [0.25, 0.3) is 0 Å². The summed E-state index contributed by atoms with van der Waals surface area (Å²) >= 11 is 0. The van der Waals surface area contributed by atoms with Crippen molar-refractivity contribution in [2.45, 2.75) is 213 Å². The first-order chi connectivity index (χ1) is 26.2. The predicted molar refractivity (Wildman–Crippen MR) is 262 cm³/mol. The van der Waals surface area contributed by atoms with Crippen molar-refractivity contribution in [3.8, 4) is 0 Å². The minimum Gasteiger partial charge on any atom is -0.652 e. The minimum atomic E-state index is -0.980. The molecule has 6 rings (SSSR count). The van der Waals surface area contributed by atoms with Gasteiger partial charge in [-0.05, 0) is 103 Å². The average Bonchev–Trinajstić information content (AvgIpc) is 3.73. The Balaban J connectivity index is 0.00000372. The molecule has 2 heterocycles.